The average molecular weight is 540 g/mol. The van der Waals surface area contributed by atoms with Crippen molar-refractivity contribution < 1.29 is 14.4 Å². The minimum atomic E-state index is -0.926. The van der Waals surface area contributed by atoms with Crippen molar-refractivity contribution in [3.05, 3.63) is 93.0 Å². The van der Waals surface area contributed by atoms with E-state index in [-0.39, 0.29) is 5.69 Å². The van der Waals surface area contributed by atoms with Gasteiger partial charge in [0, 0.05) is 26.3 Å². The molecule has 0 saturated carbocycles. The van der Waals surface area contributed by atoms with E-state index in [0.717, 1.165) is 15.6 Å². The fraction of sp³-hybridized carbons (Fsp3) is 0.0800. The van der Waals surface area contributed by atoms with Crippen LogP contribution in [-0.2, 0) is 9.59 Å². The van der Waals surface area contributed by atoms with Crippen LogP contribution >= 0.6 is 27.5 Å². The predicted molar refractivity (Wildman–Crippen MR) is 138 cm³/mol. The van der Waals surface area contributed by atoms with Crippen LogP contribution in [-0.4, -0.2) is 22.4 Å². The van der Waals surface area contributed by atoms with E-state index in [9.17, 15) is 14.4 Å². The average Bonchev–Trinajstić information content (AvgIpc) is 3.14. The van der Waals surface area contributed by atoms with Crippen molar-refractivity contribution in [2.75, 3.05) is 16.1 Å². The highest BCUT2D eigenvalue weighted by Crippen LogP contribution is 2.24. The van der Waals surface area contributed by atoms with Crippen molar-refractivity contribution in [2.45, 2.75) is 13.8 Å². The number of aryl methyl sites for hydroxylation is 2. The first-order valence-corrected chi connectivity index (χ1v) is 11.5. The topological polar surface area (TPSA) is 92.2 Å². The Morgan fingerprint density at radius 3 is 2.29 bits per heavy atom. The fourth-order valence-corrected chi connectivity index (χ4v) is 3.93. The Balaban J connectivity index is 1.62. The Morgan fingerprint density at radius 2 is 1.59 bits per heavy atom. The monoisotopic (exact) mass is 538 g/mol. The lowest BCUT2D eigenvalue weighted by atomic mass is 10.1. The highest BCUT2D eigenvalue weighted by molar-refractivity contribution is 9.10. The Bertz CT molecular complexity index is 1430. The van der Waals surface area contributed by atoms with Crippen molar-refractivity contribution in [1.29, 1.82) is 0 Å². The van der Waals surface area contributed by atoms with Crippen LogP contribution in [0.1, 0.15) is 21.6 Å². The number of aromatic nitrogens is 1. The van der Waals surface area contributed by atoms with Crippen LogP contribution in [0.5, 0.6) is 0 Å². The Morgan fingerprint density at radius 1 is 0.853 bits per heavy atom. The maximum Gasteiger partial charge on any atom is 0.328 e. The second-order valence-electron chi connectivity index (χ2n) is 7.74. The van der Waals surface area contributed by atoms with Gasteiger partial charge in [0.25, 0.3) is 5.91 Å². The minimum Gasteiger partial charge on any atom is -0.321 e. The van der Waals surface area contributed by atoms with Crippen LogP contribution in [0.15, 0.2) is 71.2 Å². The van der Waals surface area contributed by atoms with E-state index >= 15 is 0 Å². The van der Waals surface area contributed by atoms with Crippen molar-refractivity contribution in [3.8, 4) is 0 Å². The lowest BCUT2D eigenvalue weighted by molar-refractivity contribution is -0.133. The number of halogens is 2. The molecular formula is C25H20BrClN4O3. The molecule has 0 bridgehead atoms. The summed E-state index contributed by atoms with van der Waals surface area (Å²) < 4.78 is 2.15. The zero-order valence-electron chi connectivity index (χ0n) is 18.3. The highest BCUT2D eigenvalue weighted by atomic mass is 79.9. The summed E-state index contributed by atoms with van der Waals surface area (Å²) in [7, 11) is 0. The normalized spacial score (nSPS) is 10.7. The number of anilines is 2. The van der Waals surface area contributed by atoms with Gasteiger partial charge < -0.3 is 10.6 Å². The summed E-state index contributed by atoms with van der Waals surface area (Å²) in [6, 6.07) is 19.1. The van der Waals surface area contributed by atoms with Crippen LogP contribution in [0.3, 0.4) is 0 Å². The van der Waals surface area contributed by atoms with Gasteiger partial charge in [0.2, 0.25) is 0 Å². The van der Waals surface area contributed by atoms with Crippen LogP contribution < -0.4 is 16.1 Å². The van der Waals surface area contributed by atoms with Gasteiger partial charge in [-0.25, -0.2) is 4.68 Å². The molecule has 0 aliphatic rings. The van der Waals surface area contributed by atoms with E-state index in [1.54, 1.807) is 54.6 Å². The van der Waals surface area contributed by atoms with Crippen molar-refractivity contribution >= 4 is 67.5 Å². The third kappa shape index (κ3) is 5.13. The number of fused-ring (bicyclic) bond motifs is 1. The molecule has 1 heterocycles. The molecule has 0 spiro atoms. The van der Waals surface area contributed by atoms with Crippen molar-refractivity contribution in [1.82, 2.24) is 4.68 Å². The van der Waals surface area contributed by atoms with Gasteiger partial charge in [-0.15, -0.1) is 0 Å². The summed E-state index contributed by atoms with van der Waals surface area (Å²) in [5.41, 5.74) is 6.15. The summed E-state index contributed by atoms with van der Waals surface area (Å²) in [5, 5.41) is 6.50. The smallest absolute Gasteiger partial charge is 0.321 e. The molecule has 4 rings (SSSR count). The number of carbonyl (C=O) groups excluding carboxylic acids is 3. The standard InChI is InChI=1S/C25H20BrClN4O3/c1-14-3-9-20(15(2)11-14)29-24(33)25(34)30-31-21-10-6-18(27)12-16(21)13-22(31)23(32)28-19-7-4-17(26)5-8-19/h3-13H,1-2H3,(H,28,32)(H,29,33)(H,30,34). The molecule has 0 aliphatic carbocycles. The molecule has 9 heteroatoms. The molecular weight excluding hydrogens is 520 g/mol. The van der Waals surface area contributed by atoms with Gasteiger partial charge in [0.1, 0.15) is 5.69 Å². The zero-order valence-corrected chi connectivity index (χ0v) is 20.6. The first kappa shape index (κ1) is 23.5. The third-order valence-corrected chi connectivity index (χ3v) is 5.91. The molecule has 0 atom stereocenters. The van der Waals surface area contributed by atoms with Gasteiger partial charge in [-0.1, -0.05) is 45.2 Å². The third-order valence-electron chi connectivity index (χ3n) is 5.15. The van der Waals surface area contributed by atoms with E-state index in [1.165, 1.54) is 4.68 Å². The minimum absolute atomic E-state index is 0.132. The van der Waals surface area contributed by atoms with E-state index in [2.05, 4.69) is 32.0 Å². The summed E-state index contributed by atoms with van der Waals surface area (Å²) in [5.74, 6) is -2.25. The van der Waals surface area contributed by atoms with Crippen LogP contribution in [0, 0.1) is 13.8 Å². The van der Waals surface area contributed by atoms with Gasteiger partial charge in [-0.05, 0) is 74.0 Å². The van der Waals surface area contributed by atoms with E-state index in [1.807, 2.05) is 26.0 Å². The van der Waals surface area contributed by atoms with Gasteiger partial charge in [-0.3, -0.25) is 19.8 Å². The molecule has 7 nitrogen and oxygen atoms in total. The molecule has 0 radical (unpaired) electrons. The Hall–Kier alpha value is -3.62. The summed E-state index contributed by atoms with van der Waals surface area (Å²) in [4.78, 5) is 38.4. The van der Waals surface area contributed by atoms with Crippen molar-refractivity contribution in [3.63, 3.8) is 0 Å². The van der Waals surface area contributed by atoms with Gasteiger partial charge in [0.05, 0.1) is 5.52 Å². The lowest BCUT2D eigenvalue weighted by Crippen LogP contribution is -2.36. The number of amides is 3. The van der Waals surface area contributed by atoms with Gasteiger partial charge in [0.15, 0.2) is 0 Å². The maximum atomic E-state index is 13.1. The molecule has 172 valence electrons. The lowest BCUT2D eigenvalue weighted by Gasteiger charge is -2.13. The van der Waals surface area contributed by atoms with Crippen LogP contribution in [0.2, 0.25) is 5.02 Å². The summed E-state index contributed by atoms with van der Waals surface area (Å²) >= 11 is 9.47. The van der Waals surface area contributed by atoms with E-state index in [4.69, 9.17) is 11.6 Å². The molecule has 0 unspecified atom stereocenters. The van der Waals surface area contributed by atoms with E-state index in [0.29, 0.717) is 27.3 Å². The number of hydrogen-bond donors (Lipinski definition) is 3. The molecule has 0 aliphatic heterocycles. The molecule has 3 amide bonds. The zero-order chi connectivity index (χ0) is 24.4. The van der Waals surface area contributed by atoms with E-state index < -0.39 is 17.7 Å². The highest BCUT2D eigenvalue weighted by Gasteiger charge is 2.21. The number of nitrogens with one attached hydrogen (secondary N) is 3. The second kappa shape index (κ2) is 9.70. The maximum absolute atomic E-state index is 13.1. The summed E-state index contributed by atoms with van der Waals surface area (Å²) in [6.07, 6.45) is 0. The number of benzene rings is 3. The molecule has 3 N–H and O–H groups in total. The SMILES string of the molecule is Cc1ccc(NC(=O)C(=O)Nn2c(C(=O)Nc3ccc(Br)cc3)cc3cc(Cl)ccc32)c(C)c1. The molecule has 1 aromatic heterocycles. The van der Waals surface area contributed by atoms with Crippen LogP contribution in [0.25, 0.3) is 10.9 Å². The molecule has 0 fully saturated rings. The first-order chi connectivity index (χ1) is 16.2. The number of hydrogen-bond acceptors (Lipinski definition) is 3. The second-order valence-corrected chi connectivity index (χ2v) is 9.09. The molecule has 4 aromatic rings. The quantitative estimate of drug-likeness (QED) is 0.293. The Kier molecular flexibility index (Phi) is 6.72. The largest absolute Gasteiger partial charge is 0.328 e. The molecule has 0 saturated heterocycles. The number of nitrogens with zero attached hydrogens (tertiary/aromatic N) is 1. The number of carbonyl (C=O) groups is 3. The fourth-order valence-electron chi connectivity index (χ4n) is 3.49. The molecule has 3 aromatic carbocycles. The van der Waals surface area contributed by atoms with Gasteiger partial charge >= 0.3 is 11.8 Å². The number of rotatable bonds is 4. The Labute approximate surface area is 209 Å². The van der Waals surface area contributed by atoms with Gasteiger partial charge in [-0.2, -0.15) is 0 Å². The first-order valence-electron chi connectivity index (χ1n) is 10.3. The van der Waals surface area contributed by atoms with Crippen LogP contribution in [0.4, 0.5) is 11.4 Å². The molecule has 34 heavy (non-hydrogen) atoms. The predicted octanol–water partition coefficient (Wildman–Crippen LogP) is 5.64. The summed E-state index contributed by atoms with van der Waals surface area (Å²) in [6.45, 7) is 3.78. The van der Waals surface area contributed by atoms with Crippen molar-refractivity contribution in [2.24, 2.45) is 0 Å².